The molecule has 3 aromatic carbocycles. The highest BCUT2D eigenvalue weighted by Crippen LogP contribution is 2.30. The van der Waals surface area contributed by atoms with Gasteiger partial charge in [0.1, 0.15) is 5.58 Å². The molecule has 1 aromatic heterocycles. The van der Waals surface area contributed by atoms with Gasteiger partial charge in [-0.15, -0.1) is 0 Å². The van der Waals surface area contributed by atoms with Crippen LogP contribution in [-0.4, -0.2) is 18.5 Å². The van der Waals surface area contributed by atoms with Gasteiger partial charge in [0.25, 0.3) is 5.91 Å². The summed E-state index contributed by atoms with van der Waals surface area (Å²) in [6.45, 7) is 3.72. The Kier molecular flexibility index (Phi) is 6.03. The third kappa shape index (κ3) is 4.61. The largest absolute Gasteiger partial charge is 0.464 e. The van der Waals surface area contributed by atoms with Crippen LogP contribution in [0.4, 0.5) is 0 Å². The predicted molar refractivity (Wildman–Crippen MR) is 121 cm³/mol. The molecule has 0 spiro atoms. The average molecular weight is 415 g/mol. The summed E-state index contributed by atoms with van der Waals surface area (Å²) >= 11 is 0. The van der Waals surface area contributed by atoms with E-state index in [2.05, 4.69) is 5.32 Å². The van der Waals surface area contributed by atoms with E-state index < -0.39 is 5.97 Å². The summed E-state index contributed by atoms with van der Waals surface area (Å²) in [5.74, 6) is -0.780. The Morgan fingerprint density at radius 1 is 1.03 bits per heavy atom. The summed E-state index contributed by atoms with van der Waals surface area (Å²) in [4.78, 5) is 24.8. The normalized spacial score (nSPS) is 12.1. The van der Waals surface area contributed by atoms with E-state index in [1.165, 1.54) is 5.56 Å². The Labute approximate surface area is 181 Å². The first-order valence-electron chi connectivity index (χ1n) is 10.4. The lowest BCUT2D eigenvalue weighted by molar-refractivity contribution is -0.148. The minimum absolute atomic E-state index is 0.0451. The number of carbonyl (C=O) groups excluding carboxylic acids is 2. The van der Waals surface area contributed by atoms with Gasteiger partial charge in [-0.2, -0.15) is 0 Å². The molecule has 0 aliphatic carbocycles. The summed E-state index contributed by atoms with van der Waals surface area (Å²) in [5.41, 5.74) is 3.68. The van der Waals surface area contributed by atoms with E-state index in [1.54, 1.807) is 6.26 Å². The standard InChI is InChI=1S/C26H25NO4/c1-3-22(19-10-8-17(2)9-11-19)27-24(28)16-31-25(29)14-20-15-30-23-13-12-18-6-4-5-7-21(18)26(20)23/h4-13,15,22H,3,14,16H2,1-2H3,(H,27,28)/t22-/m1/s1. The molecule has 0 saturated heterocycles. The number of amides is 1. The van der Waals surface area contributed by atoms with Crippen molar-refractivity contribution in [3.8, 4) is 0 Å². The van der Waals surface area contributed by atoms with Crippen molar-refractivity contribution in [1.82, 2.24) is 5.32 Å². The molecule has 5 heteroatoms. The fourth-order valence-corrected chi connectivity index (χ4v) is 3.81. The Morgan fingerprint density at radius 2 is 1.81 bits per heavy atom. The average Bonchev–Trinajstić information content (AvgIpc) is 3.20. The molecule has 1 heterocycles. The van der Waals surface area contributed by atoms with E-state index in [9.17, 15) is 9.59 Å². The van der Waals surface area contributed by atoms with Crippen molar-refractivity contribution < 1.29 is 18.7 Å². The van der Waals surface area contributed by atoms with Crippen LogP contribution in [0.2, 0.25) is 0 Å². The van der Waals surface area contributed by atoms with E-state index in [-0.39, 0.29) is 25.0 Å². The first-order chi connectivity index (χ1) is 15.0. The molecular weight excluding hydrogens is 390 g/mol. The fourth-order valence-electron chi connectivity index (χ4n) is 3.81. The van der Waals surface area contributed by atoms with E-state index >= 15 is 0 Å². The third-order valence-electron chi connectivity index (χ3n) is 5.46. The van der Waals surface area contributed by atoms with Crippen LogP contribution in [0.1, 0.15) is 36.1 Å². The van der Waals surface area contributed by atoms with Gasteiger partial charge >= 0.3 is 5.97 Å². The van der Waals surface area contributed by atoms with Gasteiger partial charge in [0, 0.05) is 10.9 Å². The van der Waals surface area contributed by atoms with E-state index in [4.69, 9.17) is 9.15 Å². The van der Waals surface area contributed by atoms with Gasteiger partial charge in [-0.05, 0) is 35.7 Å². The predicted octanol–water partition coefficient (Wildman–Crippen LogP) is 5.25. The zero-order chi connectivity index (χ0) is 21.8. The Bertz CT molecular complexity index is 1220. The summed E-state index contributed by atoms with van der Waals surface area (Å²) < 4.78 is 10.9. The third-order valence-corrected chi connectivity index (χ3v) is 5.46. The first kappa shape index (κ1) is 20.7. The van der Waals surface area contributed by atoms with Crippen molar-refractivity contribution >= 4 is 33.6 Å². The molecule has 0 radical (unpaired) electrons. The molecular formula is C26H25NO4. The molecule has 158 valence electrons. The highest BCUT2D eigenvalue weighted by molar-refractivity contribution is 6.08. The Hall–Kier alpha value is -3.60. The number of aryl methyl sites for hydroxylation is 1. The highest BCUT2D eigenvalue weighted by Gasteiger charge is 2.17. The summed E-state index contributed by atoms with van der Waals surface area (Å²) in [5, 5.41) is 5.95. The van der Waals surface area contributed by atoms with Crippen molar-refractivity contribution in [3.05, 3.63) is 83.6 Å². The van der Waals surface area contributed by atoms with Gasteiger partial charge in [0.15, 0.2) is 6.61 Å². The van der Waals surface area contributed by atoms with Crippen LogP contribution in [0.15, 0.2) is 71.3 Å². The minimum Gasteiger partial charge on any atom is -0.464 e. The number of nitrogens with one attached hydrogen (secondary N) is 1. The van der Waals surface area contributed by atoms with Gasteiger partial charge in [-0.3, -0.25) is 9.59 Å². The Morgan fingerprint density at radius 3 is 2.58 bits per heavy atom. The molecule has 0 aliphatic rings. The maximum absolute atomic E-state index is 12.4. The zero-order valence-electron chi connectivity index (χ0n) is 17.7. The molecule has 0 saturated carbocycles. The molecule has 0 bridgehead atoms. The monoisotopic (exact) mass is 415 g/mol. The number of esters is 1. The lowest BCUT2D eigenvalue weighted by Gasteiger charge is -2.17. The topological polar surface area (TPSA) is 68.5 Å². The number of ether oxygens (including phenoxy) is 1. The maximum atomic E-state index is 12.4. The molecule has 5 nitrogen and oxygen atoms in total. The fraction of sp³-hybridized carbons (Fsp3) is 0.231. The molecule has 1 N–H and O–H groups in total. The number of carbonyl (C=O) groups is 2. The first-order valence-corrected chi connectivity index (χ1v) is 10.4. The molecule has 1 atom stereocenters. The number of rotatable bonds is 7. The van der Waals surface area contributed by atoms with Crippen molar-refractivity contribution in [1.29, 1.82) is 0 Å². The second kappa shape index (κ2) is 9.04. The molecule has 0 fully saturated rings. The van der Waals surface area contributed by atoms with Gasteiger partial charge in [0.2, 0.25) is 0 Å². The Balaban J connectivity index is 1.38. The van der Waals surface area contributed by atoms with Crippen LogP contribution in [-0.2, 0) is 20.7 Å². The van der Waals surface area contributed by atoms with Crippen LogP contribution in [0.5, 0.6) is 0 Å². The zero-order valence-corrected chi connectivity index (χ0v) is 17.7. The second-order valence-electron chi connectivity index (χ2n) is 7.70. The smallest absolute Gasteiger partial charge is 0.310 e. The molecule has 0 aliphatic heterocycles. The van der Waals surface area contributed by atoms with Crippen LogP contribution >= 0.6 is 0 Å². The lowest BCUT2D eigenvalue weighted by atomic mass is 10.0. The number of hydrogen-bond donors (Lipinski definition) is 1. The molecule has 0 unspecified atom stereocenters. The van der Waals surface area contributed by atoms with E-state index in [1.807, 2.05) is 74.5 Å². The van der Waals surface area contributed by atoms with Crippen molar-refractivity contribution in [3.63, 3.8) is 0 Å². The summed E-state index contributed by atoms with van der Waals surface area (Å²) in [6, 6.07) is 19.8. The SMILES string of the molecule is CC[C@@H](NC(=O)COC(=O)Cc1coc2ccc3ccccc3c12)c1ccc(C)cc1. The number of furan rings is 1. The second-order valence-corrected chi connectivity index (χ2v) is 7.70. The number of hydrogen-bond acceptors (Lipinski definition) is 4. The highest BCUT2D eigenvalue weighted by atomic mass is 16.5. The van der Waals surface area contributed by atoms with Gasteiger partial charge in [-0.1, -0.05) is 67.1 Å². The molecule has 4 aromatic rings. The summed E-state index contributed by atoms with van der Waals surface area (Å²) in [6.07, 6.45) is 2.38. The van der Waals surface area contributed by atoms with E-state index in [0.29, 0.717) is 0 Å². The molecule has 4 rings (SSSR count). The van der Waals surface area contributed by atoms with Gasteiger partial charge < -0.3 is 14.5 Å². The number of benzene rings is 3. The minimum atomic E-state index is -0.464. The van der Waals surface area contributed by atoms with E-state index in [0.717, 1.165) is 39.3 Å². The quantitative estimate of drug-likeness (QED) is 0.419. The van der Waals surface area contributed by atoms with Gasteiger partial charge in [-0.25, -0.2) is 0 Å². The molecule has 31 heavy (non-hydrogen) atoms. The van der Waals surface area contributed by atoms with Crippen LogP contribution in [0, 0.1) is 6.92 Å². The maximum Gasteiger partial charge on any atom is 0.310 e. The lowest BCUT2D eigenvalue weighted by Crippen LogP contribution is -2.32. The van der Waals surface area contributed by atoms with Gasteiger partial charge in [0.05, 0.1) is 18.7 Å². The van der Waals surface area contributed by atoms with Crippen LogP contribution < -0.4 is 5.32 Å². The van der Waals surface area contributed by atoms with Crippen molar-refractivity contribution in [2.24, 2.45) is 0 Å². The molecule has 1 amide bonds. The number of fused-ring (bicyclic) bond motifs is 3. The summed E-state index contributed by atoms with van der Waals surface area (Å²) in [7, 11) is 0. The van der Waals surface area contributed by atoms with Crippen LogP contribution in [0.25, 0.3) is 21.7 Å². The van der Waals surface area contributed by atoms with Crippen molar-refractivity contribution in [2.45, 2.75) is 32.7 Å². The van der Waals surface area contributed by atoms with Crippen molar-refractivity contribution in [2.75, 3.05) is 6.61 Å². The van der Waals surface area contributed by atoms with Crippen LogP contribution in [0.3, 0.4) is 0 Å².